The zero-order valence-electron chi connectivity index (χ0n) is 13.8. The number of carbonyl (C=O) groups excluding carboxylic acids is 2. The van der Waals surface area contributed by atoms with Gasteiger partial charge >= 0.3 is 5.97 Å². The van der Waals surface area contributed by atoms with Crippen LogP contribution in [0.25, 0.3) is 0 Å². The maximum Gasteiger partial charge on any atom is 0.339 e. The van der Waals surface area contributed by atoms with E-state index in [4.69, 9.17) is 4.74 Å². The molecule has 1 atom stereocenters. The molecule has 3 aliphatic rings. The summed E-state index contributed by atoms with van der Waals surface area (Å²) in [5.41, 5.74) is 1.44. The molecule has 1 amide bonds. The average Bonchev–Trinajstić information content (AvgIpc) is 3.29. The van der Waals surface area contributed by atoms with Crippen LogP contribution in [0.5, 0.6) is 0 Å². The van der Waals surface area contributed by atoms with Crippen molar-refractivity contribution in [2.75, 3.05) is 13.1 Å². The van der Waals surface area contributed by atoms with E-state index < -0.39 is 11.0 Å². The monoisotopic (exact) mass is 334 g/mol. The highest BCUT2D eigenvalue weighted by atomic mass is 16.6. The summed E-state index contributed by atoms with van der Waals surface area (Å²) in [7, 11) is 0. The van der Waals surface area contributed by atoms with Crippen molar-refractivity contribution in [3.63, 3.8) is 0 Å². The minimum absolute atomic E-state index is 0.137. The first-order valence-corrected chi connectivity index (χ1v) is 8.67. The van der Waals surface area contributed by atoms with Gasteiger partial charge < -0.3 is 9.64 Å². The molecule has 25 heavy (non-hydrogen) atoms. The maximum atomic E-state index is 13.2. The first-order valence-electron chi connectivity index (χ1n) is 8.67. The molecule has 1 saturated carbocycles. The van der Waals surface area contributed by atoms with Crippen LogP contribution < -0.4 is 0 Å². The number of hydrogen-bond acceptors (Lipinski definition) is 4. The number of fused-ring (bicyclic) bond motifs is 2. The van der Waals surface area contributed by atoms with Gasteiger partial charge in [0.05, 0.1) is 17.5 Å². The smallest absolute Gasteiger partial charge is 0.339 e. The van der Waals surface area contributed by atoms with Crippen molar-refractivity contribution in [2.24, 2.45) is 0 Å². The van der Waals surface area contributed by atoms with Crippen molar-refractivity contribution < 1.29 is 14.3 Å². The van der Waals surface area contributed by atoms with E-state index in [1.165, 1.54) is 0 Å². The van der Waals surface area contributed by atoms with E-state index >= 15 is 0 Å². The summed E-state index contributed by atoms with van der Waals surface area (Å²) < 4.78 is 5.75. The van der Waals surface area contributed by atoms with Crippen LogP contribution in [-0.4, -0.2) is 34.8 Å². The number of likely N-dealkylation sites (tertiary alicyclic amines) is 1. The summed E-state index contributed by atoms with van der Waals surface area (Å²) in [6.07, 6.45) is 5.89. The van der Waals surface area contributed by atoms with Crippen LogP contribution in [0.15, 0.2) is 48.8 Å². The molecule has 2 aromatic rings. The Kier molecular flexibility index (Phi) is 2.87. The number of rotatable bonds is 2. The molecule has 1 aliphatic carbocycles. The molecule has 5 rings (SSSR count). The standard InChI is InChI=1S/C20H18N2O3/c23-17-15-5-1-2-6-16(15)20(25-17)9-11-22(13-20)18(24)19(7-8-19)14-4-3-10-21-12-14/h1-6,10,12H,7-9,11,13H2/t20-/m0/s1. The predicted molar refractivity (Wildman–Crippen MR) is 89.9 cm³/mol. The molecule has 2 fully saturated rings. The minimum Gasteiger partial charge on any atom is -0.449 e. The number of carbonyl (C=O) groups is 2. The van der Waals surface area contributed by atoms with Crippen LogP contribution in [0, 0.1) is 0 Å². The number of pyridine rings is 1. The van der Waals surface area contributed by atoms with Crippen LogP contribution in [0.4, 0.5) is 0 Å². The van der Waals surface area contributed by atoms with E-state index in [9.17, 15) is 9.59 Å². The molecular weight excluding hydrogens is 316 g/mol. The summed E-state index contributed by atoms with van der Waals surface area (Å²) in [5, 5.41) is 0. The van der Waals surface area contributed by atoms with Crippen LogP contribution in [0.3, 0.4) is 0 Å². The minimum atomic E-state index is -0.672. The molecular formula is C20H18N2O3. The zero-order chi connectivity index (χ0) is 17.1. The Morgan fingerprint density at radius 1 is 1.12 bits per heavy atom. The molecule has 1 aromatic heterocycles. The van der Waals surface area contributed by atoms with E-state index in [-0.39, 0.29) is 11.9 Å². The first-order chi connectivity index (χ1) is 12.1. The number of amides is 1. The second-order valence-corrected chi connectivity index (χ2v) is 7.23. The van der Waals surface area contributed by atoms with Gasteiger partial charge in [-0.05, 0) is 30.5 Å². The van der Waals surface area contributed by atoms with Gasteiger partial charge in [-0.2, -0.15) is 0 Å². The number of benzene rings is 1. The molecule has 5 nitrogen and oxygen atoms in total. The Bertz CT molecular complexity index is 876. The topological polar surface area (TPSA) is 59.5 Å². The zero-order valence-corrected chi connectivity index (χ0v) is 13.8. The molecule has 3 heterocycles. The van der Waals surface area contributed by atoms with Crippen molar-refractivity contribution in [1.29, 1.82) is 0 Å². The molecule has 0 N–H and O–H groups in total. The summed E-state index contributed by atoms with van der Waals surface area (Å²) in [5.74, 6) is -0.143. The van der Waals surface area contributed by atoms with E-state index in [1.807, 2.05) is 35.2 Å². The van der Waals surface area contributed by atoms with E-state index in [0.717, 1.165) is 24.0 Å². The second-order valence-electron chi connectivity index (χ2n) is 7.23. The highest BCUT2D eigenvalue weighted by molar-refractivity contribution is 5.95. The SMILES string of the molecule is O=C1O[C@]2(CCN(C(=O)C3(c4cccnc4)CC3)C2)c2ccccc21. The summed E-state index contributed by atoms with van der Waals surface area (Å²) in [6.45, 7) is 1.05. The Hall–Kier alpha value is -2.69. The first kappa shape index (κ1) is 14.6. The maximum absolute atomic E-state index is 13.2. The lowest BCUT2D eigenvalue weighted by atomic mass is 9.91. The molecule has 0 radical (unpaired) electrons. The molecule has 1 saturated heterocycles. The van der Waals surface area contributed by atoms with Crippen molar-refractivity contribution in [3.8, 4) is 0 Å². The van der Waals surface area contributed by atoms with Gasteiger partial charge in [0.25, 0.3) is 0 Å². The quantitative estimate of drug-likeness (QED) is 0.792. The lowest BCUT2D eigenvalue weighted by molar-refractivity contribution is -0.134. The third-order valence-corrected chi connectivity index (χ3v) is 5.82. The molecule has 1 aromatic carbocycles. The fourth-order valence-electron chi connectivity index (χ4n) is 4.30. The lowest BCUT2D eigenvalue weighted by Gasteiger charge is -2.26. The Labute approximate surface area is 145 Å². The Morgan fingerprint density at radius 2 is 1.96 bits per heavy atom. The number of aromatic nitrogens is 1. The average molecular weight is 334 g/mol. The van der Waals surface area contributed by atoms with Crippen LogP contribution in [0.2, 0.25) is 0 Å². The highest BCUT2D eigenvalue weighted by Gasteiger charge is 2.57. The van der Waals surface area contributed by atoms with Crippen molar-refractivity contribution in [2.45, 2.75) is 30.3 Å². The Morgan fingerprint density at radius 3 is 2.72 bits per heavy atom. The summed E-state index contributed by atoms with van der Waals surface area (Å²) in [6, 6.07) is 11.4. The van der Waals surface area contributed by atoms with E-state index in [1.54, 1.807) is 18.5 Å². The van der Waals surface area contributed by atoms with Crippen molar-refractivity contribution in [3.05, 3.63) is 65.5 Å². The molecule has 1 spiro atoms. The number of nitrogens with zero attached hydrogens (tertiary/aromatic N) is 2. The van der Waals surface area contributed by atoms with Crippen LogP contribution >= 0.6 is 0 Å². The van der Waals surface area contributed by atoms with Gasteiger partial charge in [0.15, 0.2) is 5.60 Å². The molecule has 126 valence electrons. The molecule has 0 bridgehead atoms. The van der Waals surface area contributed by atoms with Gasteiger partial charge in [0.2, 0.25) is 5.91 Å². The van der Waals surface area contributed by atoms with Gasteiger partial charge in [0, 0.05) is 30.9 Å². The van der Waals surface area contributed by atoms with E-state index in [0.29, 0.717) is 25.1 Å². The predicted octanol–water partition coefficient (Wildman–Crippen LogP) is 2.41. The second kappa shape index (κ2) is 4.91. The highest BCUT2D eigenvalue weighted by Crippen LogP contribution is 2.51. The molecule has 2 aliphatic heterocycles. The van der Waals surface area contributed by atoms with Crippen molar-refractivity contribution >= 4 is 11.9 Å². The van der Waals surface area contributed by atoms with Gasteiger partial charge in [-0.3, -0.25) is 9.78 Å². The largest absolute Gasteiger partial charge is 0.449 e. The van der Waals surface area contributed by atoms with Crippen LogP contribution in [0.1, 0.15) is 40.7 Å². The number of esters is 1. The lowest BCUT2D eigenvalue weighted by Crippen LogP contribution is -2.40. The van der Waals surface area contributed by atoms with Gasteiger partial charge in [-0.25, -0.2) is 4.79 Å². The fraction of sp³-hybridized carbons (Fsp3) is 0.350. The fourth-order valence-corrected chi connectivity index (χ4v) is 4.30. The number of hydrogen-bond donors (Lipinski definition) is 0. The normalized spacial score (nSPS) is 25.8. The number of ether oxygens (including phenoxy) is 1. The van der Waals surface area contributed by atoms with Gasteiger partial charge in [-0.15, -0.1) is 0 Å². The Balaban J connectivity index is 1.44. The third-order valence-electron chi connectivity index (χ3n) is 5.82. The third kappa shape index (κ3) is 1.98. The molecule has 0 unspecified atom stereocenters. The van der Waals surface area contributed by atoms with Crippen LogP contribution in [-0.2, 0) is 20.5 Å². The van der Waals surface area contributed by atoms with Crippen molar-refractivity contribution in [1.82, 2.24) is 9.88 Å². The van der Waals surface area contributed by atoms with Gasteiger partial charge in [0.1, 0.15) is 0 Å². The van der Waals surface area contributed by atoms with E-state index in [2.05, 4.69) is 4.98 Å². The summed E-state index contributed by atoms with van der Waals surface area (Å²) >= 11 is 0. The summed E-state index contributed by atoms with van der Waals surface area (Å²) in [4.78, 5) is 31.5. The molecule has 5 heteroatoms. The van der Waals surface area contributed by atoms with Gasteiger partial charge in [-0.1, -0.05) is 24.3 Å².